The first-order valence-corrected chi connectivity index (χ1v) is 16.8. The molecule has 1 aromatic heterocycles. The molecular formula is C36H40F3N5O2S. The largest absolute Gasteiger partial charge is 0.573 e. The number of aliphatic imine (C=N–C) groups is 1. The molecule has 0 radical (unpaired) electrons. The van der Waals surface area contributed by atoms with Crippen LogP contribution in [0.4, 0.5) is 23.7 Å². The van der Waals surface area contributed by atoms with E-state index in [1.165, 1.54) is 28.8 Å². The Morgan fingerprint density at radius 3 is 2.49 bits per heavy atom. The summed E-state index contributed by atoms with van der Waals surface area (Å²) in [5, 5.41) is 3.75. The predicted octanol–water partition coefficient (Wildman–Crippen LogP) is 9.35. The van der Waals surface area contributed by atoms with Crippen molar-refractivity contribution in [1.82, 2.24) is 15.3 Å². The number of alkyl halides is 3. The smallest absolute Gasteiger partial charge is 0.406 e. The number of H-pyrrole nitrogens is 1. The van der Waals surface area contributed by atoms with Crippen LogP contribution in [-0.2, 0) is 6.42 Å². The number of carbonyl (C=O) groups is 1. The monoisotopic (exact) mass is 663 g/mol. The number of nitrogens with zero attached hydrogens (tertiary/aromatic N) is 3. The minimum Gasteiger partial charge on any atom is -0.406 e. The second-order valence-corrected chi connectivity index (χ2v) is 13.3. The number of aromatic amines is 1. The third-order valence-corrected chi connectivity index (χ3v) is 9.05. The van der Waals surface area contributed by atoms with E-state index in [0.717, 1.165) is 48.0 Å². The number of urea groups is 1. The Morgan fingerprint density at radius 1 is 1.06 bits per heavy atom. The first kappa shape index (κ1) is 34.1. The quantitative estimate of drug-likeness (QED) is 0.177. The summed E-state index contributed by atoms with van der Waals surface area (Å²) in [5.74, 6) is 2.05. The van der Waals surface area contributed by atoms with Crippen molar-refractivity contribution in [3.63, 3.8) is 0 Å². The lowest BCUT2D eigenvalue weighted by Gasteiger charge is -2.32. The van der Waals surface area contributed by atoms with Crippen molar-refractivity contribution in [3.05, 3.63) is 89.6 Å². The van der Waals surface area contributed by atoms with Crippen LogP contribution in [0.15, 0.2) is 77.9 Å². The number of amidine groups is 1. The second-order valence-electron chi connectivity index (χ2n) is 12.2. The van der Waals surface area contributed by atoms with Crippen molar-refractivity contribution in [1.29, 1.82) is 0 Å². The number of aromatic nitrogens is 2. The molecule has 11 heteroatoms. The maximum atomic E-state index is 12.8. The Hall–Kier alpha value is -4.25. The molecule has 1 fully saturated rings. The lowest BCUT2D eigenvalue weighted by Crippen LogP contribution is -2.36. The van der Waals surface area contributed by atoms with E-state index in [9.17, 15) is 18.0 Å². The highest BCUT2D eigenvalue weighted by Crippen LogP contribution is 2.33. The molecule has 1 aliphatic heterocycles. The standard InChI is InChI=1S/C36H40F3N5O2S/c1-23(2)30-15-6-24(3)21-32(30)44-18-5-19-47-35(44)43-34(45)40-17-16-25(4)20-26-7-9-28(10-8-26)33-41-22-31(42-33)27-11-13-29(14-12-27)46-36(37,38)39/h6-15,21-23,25H,5,16-20H2,1-4H3,(H,40,45)(H,41,42). The van der Waals surface area contributed by atoms with Crippen LogP contribution in [0.5, 0.6) is 5.75 Å². The third-order valence-electron chi connectivity index (χ3n) is 7.98. The Kier molecular flexibility index (Phi) is 11.0. The van der Waals surface area contributed by atoms with Crippen LogP contribution < -0.4 is 15.0 Å². The van der Waals surface area contributed by atoms with E-state index in [0.29, 0.717) is 35.5 Å². The number of amides is 2. The van der Waals surface area contributed by atoms with Crippen molar-refractivity contribution in [2.24, 2.45) is 10.9 Å². The number of anilines is 1. The lowest BCUT2D eigenvalue weighted by atomic mass is 9.97. The van der Waals surface area contributed by atoms with E-state index in [2.05, 4.69) is 87.9 Å². The lowest BCUT2D eigenvalue weighted by molar-refractivity contribution is -0.274. The van der Waals surface area contributed by atoms with E-state index in [1.807, 2.05) is 12.1 Å². The minimum atomic E-state index is -4.73. The predicted molar refractivity (Wildman–Crippen MR) is 184 cm³/mol. The number of halogens is 3. The normalized spacial score (nSPS) is 15.2. The first-order valence-electron chi connectivity index (χ1n) is 15.8. The molecule has 2 N–H and O–H groups in total. The van der Waals surface area contributed by atoms with Gasteiger partial charge in [-0.1, -0.05) is 68.9 Å². The molecule has 248 valence electrons. The topological polar surface area (TPSA) is 82.6 Å². The Morgan fingerprint density at radius 2 is 1.79 bits per heavy atom. The first-order chi connectivity index (χ1) is 22.4. The average molecular weight is 664 g/mol. The molecule has 0 bridgehead atoms. The number of nitrogens with one attached hydrogen (secondary N) is 2. The van der Waals surface area contributed by atoms with E-state index in [4.69, 9.17) is 0 Å². The van der Waals surface area contributed by atoms with Gasteiger partial charge in [0.05, 0.1) is 11.9 Å². The number of benzene rings is 3. The molecule has 47 heavy (non-hydrogen) atoms. The SMILES string of the molecule is Cc1ccc(C(C)C)c(N2CCCSC2=NC(=O)NCCC(C)Cc2ccc(-c3ncc(-c4ccc(OC(F)(F)F)cc4)[nH]3)cc2)c1. The molecule has 7 nitrogen and oxygen atoms in total. The molecule has 4 aromatic rings. The second kappa shape index (κ2) is 15.1. The van der Waals surface area contributed by atoms with Gasteiger partial charge in [-0.05, 0) is 90.6 Å². The summed E-state index contributed by atoms with van der Waals surface area (Å²) in [6, 6.07) is 20.0. The van der Waals surface area contributed by atoms with Crippen LogP contribution in [0.25, 0.3) is 22.6 Å². The Balaban J connectivity index is 1.12. The third kappa shape index (κ3) is 9.41. The maximum absolute atomic E-state index is 12.8. The fourth-order valence-electron chi connectivity index (χ4n) is 5.56. The summed E-state index contributed by atoms with van der Waals surface area (Å²) < 4.78 is 41.3. The van der Waals surface area contributed by atoms with Gasteiger partial charge in [0.2, 0.25) is 0 Å². The van der Waals surface area contributed by atoms with Gasteiger partial charge in [0, 0.05) is 30.1 Å². The highest BCUT2D eigenvalue weighted by atomic mass is 32.2. The summed E-state index contributed by atoms with van der Waals surface area (Å²) in [6.45, 7) is 10.0. The van der Waals surface area contributed by atoms with Crippen molar-refractivity contribution in [2.75, 3.05) is 23.7 Å². The van der Waals surface area contributed by atoms with Gasteiger partial charge in [0.15, 0.2) is 5.17 Å². The van der Waals surface area contributed by atoms with Crippen LogP contribution in [0.3, 0.4) is 0 Å². The molecule has 0 saturated carbocycles. The number of aryl methyl sites for hydroxylation is 1. The van der Waals surface area contributed by atoms with Gasteiger partial charge in [-0.25, -0.2) is 9.78 Å². The van der Waals surface area contributed by atoms with Gasteiger partial charge in [-0.2, -0.15) is 4.99 Å². The van der Waals surface area contributed by atoms with Gasteiger partial charge in [-0.3, -0.25) is 0 Å². The molecule has 2 amide bonds. The molecular weight excluding hydrogens is 623 g/mol. The molecule has 1 saturated heterocycles. The minimum absolute atomic E-state index is 0.272. The summed E-state index contributed by atoms with van der Waals surface area (Å²) >= 11 is 1.63. The van der Waals surface area contributed by atoms with Crippen molar-refractivity contribution >= 4 is 28.6 Å². The van der Waals surface area contributed by atoms with E-state index in [-0.39, 0.29) is 11.8 Å². The zero-order valence-corrected chi connectivity index (χ0v) is 27.8. The number of imidazole rings is 1. The van der Waals surface area contributed by atoms with E-state index < -0.39 is 6.36 Å². The van der Waals surface area contributed by atoms with Crippen LogP contribution in [-0.4, -0.2) is 46.4 Å². The zero-order chi connectivity index (χ0) is 33.6. The molecule has 1 atom stereocenters. The van der Waals surface area contributed by atoms with Crippen molar-refractivity contribution < 1.29 is 22.7 Å². The van der Waals surface area contributed by atoms with Crippen molar-refractivity contribution in [2.45, 2.75) is 59.2 Å². The zero-order valence-electron chi connectivity index (χ0n) is 27.0. The Bertz CT molecular complexity index is 1680. The average Bonchev–Trinajstić information content (AvgIpc) is 3.51. The number of hydrogen-bond donors (Lipinski definition) is 2. The van der Waals surface area contributed by atoms with Gasteiger partial charge < -0.3 is 19.9 Å². The molecule has 0 aliphatic carbocycles. The number of thioether (sulfide) groups is 1. The summed E-state index contributed by atoms with van der Waals surface area (Å²) in [6.07, 6.45) is -0.358. The fraction of sp³-hybridized carbons (Fsp3) is 0.361. The molecule has 3 aromatic carbocycles. The van der Waals surface area contributed by atoms with Gasteiger partial charge >= 0.3 is 12.4 Å². The molecule has 1 unspecified atom stereocenters. The highest BCUT2D eigenvalue weighted by molar-refractivity contribution is 8.14. The summed E-state index contributed by atoms with van der Waals surface area (Å²) in [7, 11) is 0. The van der Waals surface area contributed by atoms with E-state index >= 15 is 0 Å². The molecule has 1 aliphatic rings. The van der Waals surface area contributed by atoms with Gasteiger partial charge in [-0.15, -0.1) is 13.2 Å². The molecule has 0 spiro atoms. The number of rotatable bonds is 10. The van der Waals surface area contributed by atoms with Crippen LogP contribution in [0.1, 0.15) is 56.2 Å². The number of ether oxygens (including phenoxy) is 1. The van der Waals surface area contributed by atoms with Gasteiger partial charge in [0.1, 0.15) is 11.6 Å². The molecule has 5 rings (SSSR count). The summed E-state index contributed by atoms with van der Waals surface area (Å²) in [5.41, 5.74) is 7.05. The van der Waals surface area contributed by atoms with Gasteiger partial charge in [0.25, 0.3) is 0 Å². The highest BCUT2D eigenvalue weighted by Gasteiger charge is 2.31. The van der Waals surface area contributed by atoms with Crippen LogP contribution in [0.2, 0.25) is 0 Å². The Labute approximate surface area is 278 Å². The van der Waals surface area contributed by atoms with Crippen LogP contribution in [0, 0.1) is 12.8 Å². The number of carbonyl (C=O) groups excluding carboxylic acids is 1. The van der Waals surface area contributed by atoms with Crippen LogP contribution >= 0.6 is 11.8 Å². The van der Waals surface area contributed by atoms with Crippen molar-refractivity contribution in [3.8, 4) is 28.4 Å². The number of hydrogen-bond acceptors (Lipinski definition) is 4. The maximum Gasteiger partial charge on any atom is 0.573 e. The summed E-state index contributed by atoms with van der Waals surface area (Å²) in [4.78, 5) is 27.2. The molecule has 2 heterocycles. The van der Waals surface area contributed by atoms with E-state index in [1.54, 1.807) is 30.1 Å². The fourth-order valence-corrected chi connectivity index (χ4v) is 6.51.